The number of piperidine rings is 1. The van der Waals surface area contributed by atoms with E-state index in [1.807, 2.05) is 13.1 Å². The number of pyridine rings is 1. The molecule has 0 radical (unpaired) electrons. The van der Waals surface area contributed by atoms with E-state index < -0.39 is 0 Å². The molecule has 0 aliphatic carbocycles. The van der Waals surface area contributed by atoms with Crippen LogP contribution in [0.1, 0.15) is 18.4 Å². The van der Waals surface area contributed by atoms with Crippen LogP contribution in [0.15, 0.2) is 18.3 Å². The lowest BCUT2D eigenvalue weighted by Gasteiger charge is -2.30. The van der Waals surface area contributed by atoms with Gasteiger partial charge in [0.2, 0.25) is 0 Å². The van der Waals surface area contributed by atoms with Gasteiger partial charge >= 0.3 is 0 Å². The number of aryl methyl sites for hydroxylation is 1. The maximum Gasteiger partial charge on any atom is 0.128 e. The zero-order chi connectivity index (χ0) is 10.7. The van der Waals surface area contributed by atoms with Crippen LogP contribution in [0.4, 0.5) is 5.82 Å². The van der Waals surface area contributed by atoms with Crippen molar-refractivity contribution in [2.75, 3.05) is 18.0 Å². The molecule has 0 aromatic carbocycles. The highest BCUT2D eigenvalue weighted by atomic mass is 15.2. The van der Waals surface area contributed by atoms with E-state index in [0.717, 1.165) is 31.7 Å². The average molecular weight is 201 g/mol. The van der Waals surface area contributed by atoms with Gasteiger partial charge < -0.3 is 4.90 Å². The number of hydrogen-bond donors (Lipinski definition) is 0. The third kappa shape index (κ3) is 2.27. The molecule has 15 heavy (non-hydrogen) atoms. The number of hydrogen-bond acceptors (Lipinski definition) is 3. The quantitative estimate of drug-likeness (QED) is 0.698. The van der Waals surface area contributed by atoms with E-state index in [-0.39, 0.29) is 5.92 Å². The predicted octanol–water partition coefficient (Wildman–Crippen LogP) is 2.13. The van der Waals surface area contributed by atoms with Crippen LogP contribution in [0.3, 0.4) is 0 Å². The van der Waals surface area contributed by atoms with E-state index in [1.54, 1.807) is 0 Å². The highest BCUT2D eigenvalue weighted by molar-refractivity contribution is 5.39. The van der Waals surface area contributed by atoms with Crippen LogP contribution in [0, 0.1) is 24.2 Å². The van der Waals surface area contributed by atoms with Crippen LogP contribution in [0.25, 0.3) is 0 Å². The first-order valence-corrected chi connectivity index (χ1v) is 5.37. The van der Waals surface area contributed by atoms with Gasteiger partial charge in [-0.15, -0.1) is 0 Å². The molecule has 78 valence electrons. The Morgan fingerprint density at radius 1 is 1.40 bits per heavy atom. The Kier molecular flexibility index (Phi) is 2.86. The van der Waals surface area contributed by atoms with Crippen LogP contribution < -0.4 is 4.90 Å². The molecule has 3 nitrogen and oxygen atoms in total. The van der Waals surface area contributed by atoms with E-state index in [0.29, 0.717) is 0 Å². The molecule has 0 bridgehead atoms. The molecule has 1 aliphatic heterocycles. The minimum Gasteiger partial charge on any atom is -0.357 e. The maximum absolute atomic E-state index is 8.80. The summed E-state index contributed by atoms with van der Waals surface area (Å²) in [7, 11) is 0. The molecule has 0 unspecified atom stereocenters. The van der Waals surface area contributed by atoms with Gasteiger partial charge in [-0.2, -0.15) is 5.26 Å². The molecular formula is C12H15N3. The normalized spacial score (nSPS) is 17.5. The number of rotatable bonds is 1. The van der Waals surface area contributed by atoms with Crippen molar-refractivity contribution in [3.8, 4) is 6.07 Å². The van der Waals surface area contributed by atoms with Crippen LogP contribution in [0.2, 0.25) is 0 Å². The molecule has 1 fully saturated rings. The van der Waals surface area contributed by atoms with Crippen molar-refractivity contribution in [2.24, 2.45) is 5.92 Å². The van der Waals surface area contributed by atoms with Crippen molar-refractivity contribution in [1.29, 1.82) is 5.26 Å². The van der Waals surface area contributed by atoms with Crippen molar-refractivity contribution in [3.05, 3.63) is 23.9 Å². The zero-order valence-electron chi connectivity index (χ0n) is 8.98. The second-order valence-corrected chi connectivity index (χ2v) is 4.08. The summed E-state index contributed by atoms with van der Waals surface area (Å²) in [6, 6.07) is 6.48. The van der Waals surface area contributed by atoms with Gasteiger partial charge in [0.1, 0.15) is 5.82 Å². The predicted molar refractivity (Wildman–Crippen MR) is 59.5 cm³/mol. The molecule has 1 aliphatic rings. The van der Waals surface area contributed by atoms with Gasteiger partial charge in [-0.25, -0.2) is 4.98 Å². The second-order valence-electron chi connectivity index (χ2n) is 4.08. The van der Waals surface area contributed by atoms with Crippen LogP contribution >= 0.6 is 0 Å². The van der Waals surface area contributed by atoms with E-state index in [1.165, 1.54) is 5.56 Å². The second kappa shape index (κ2) is 4.31. The molecule has 0 saturated carbocycles. The van der Waals surface area contributed by atoms with Gasteiger partial charge in [-0.3, -0.25) is 0 Å². The summed E-state index contributed by atoms with van der Waals surface area (Å²) in [4.78, 5) is 6.65. The molecule has 3 heteroatoms. The number of nitriles is 1. The summed E-state index contributed by atoms with van der Waals surface area (Å²) < 4.78 is 0. The number of nitrogens with zero attached hydrogens (tertiary/aromatic N) is 3. The molecular weight excluding hydrogens is 186 g/mol. The summed E-state index contributed by atoms with van der Waals surface area (Å²) in [5, 5.41) is 8.80. The van der Waals surface area contributed by atoms with Crippen molar-refractivity contribution in [1.82, 2.24) is 4.98 Å². The third-order valence-electron chi connectivity index (χ3n) is 2.90. The van der Waals surface area contributed by atoms with E-state index in [4.69, 9.17) is 5.26 Å². The number of anilines is 1. The smallest absolute Gasteiger partial charge is 0.128 e. The van der Waals surface area contributed by atoms with Crippen molar-refractivity contribution in [3.63, 3.8) is 0 Å². The lowest BCUT2D eigenvalue weighted by atomic mass is 9.99. The SMILES string of the molecule is Cc1ccc(N2CCC(C#N)CC2)nc1. The Hall–Kier alpha value is -1.56. The molecule has 0 amide bonds. The minimum absolute atomic E-state index is 0.242. The summed E-state index contributed by atoms with van der Waals surface area (Å²) in [5.74, 6) is 1.28. The molecule has 2 heterocycles. The van der Waals surface area contributed by atoms with Crippen LogP contribution in [-0.4, -0.2) is 18.1 Å². The Balaban J connectivity index is 2.02. The summed E-state index contributed by atoms with van der Waals surface area (Å²) in [6.45, 7) is 3.95. The molecule has 1 aromatic heterocycles. The van der Waals surface area contributed by atoms with Gasteiger partial charge in [0.05, 0.1) is 6.07 Å². The van der Waals surface area contributed by atoms with Gasteiger partial charge in [-0.1, -0.05) is 6.07 Å². The number of aromatic nitrogens is 1. The standard InChI is InChI=1S/C12H15N3/c1-10-2-3-12(14-9-10)15-6-4-11(8-13)5-7-15/h2-3,9,11H,4-7H2,1H3. The Morgan fingerprint density at radius 2 is 2.13 bits per heavy atom. The lowest BCUT2D eigenvalue weighted by molar-refractivity contribution is 0.485. The summed E-state index contributed by atoms with van der Waals surface area (Å²) in [5.41, 5.74) is 1.19. The first-order valence-electron chi connectivity index (χ1n) is 5.37. The minimum atomic E-state index is 0.242. The Morgan fingerprint density at radius 3 is 2.67 bits per heavy atom. The third-order valence-corrected chi connectivity index (χ3v) is 2.90. The molecule has 0 atom stereocenters. The molecule has 0 spiro atoms. The zero-order valence-corrected chi connectivity index (χ0v) is 8.98. The molecule has 1 saturated heterocycles. The van der Waals surface area contributed by atoms with Gasteiger partial charge in [0.15, 0.2) is 0 Å². The monoisotopic (exact) mass is 201 g/mol. The van der Waals surface area contributed by atoms with Crippen molar-refractivity contribution < 1.29 is 0 Å². The summed E-state index contributed by atoms with van der Waals surface area (Å²) in [6.07, 6.45) is 3.82. The van der Waals surface area contributed by atoms with E-state index in [9.17, 15) is 0 Å². The molecule has 1 aromatic rings. The fourth-order valence-electron chi connectivity index (χ4n) is 1.88. The lowest BCUT2D eigenvalue weighted by Crippen LogP contribution is -2.33. The van der Waals surface area contributed by atoms with Gasteiger partial charge in [0, 0.05) is 25.2 Å². The highest BCUT2D eigenvalue weighted by Crippen LogP contribution is 2.20. The highest BCUT2D eigenvalue weighted by Gasteiger charge is 2.19. The van der Waals surface area contributed by atoms with Crippen molar-refractivity contribution >= 4 is 5.82 Å². The fraction of sp³-hybridized carbons (Fsp3) is 0.500. The van der Waals surface area contributed by atoms with E-state index in [2.05, 4.69) is 28.1 Å². The Labute approximate surface area is 90.4 Å². The Bertz CT molecular complexity index is 355. The fourth-order valence-corrected chi connectivity index (χ4v) is 1.88. The molecule has 0 N–H and O–H groups in total. The maximum atomic E-state index is 8.80. The summed E-state index contributed by atoms with van der Waals surface area (Å²) >= 11 is 0. The molecule has 2 rings (SSSR count). The first-order chi connectivity index (χ1) is 7.29. The largest absolute Gasteiger partial charge is 0.357 e. The van der Waals surface area contributed by atoms with Gasteiger partial charge in [-0.05, 0) is 31.4 Å². The van der Waals surface area contributed by atoms with Crippen molar-refractivity contribution in [2.45, 2.75) is 19.8 Å². The first kappa shape index (κ1) is 9.97. The van der Waals surface area contributed by atoms with E-state index >= 15 is 0 Å². The average Bonchev–Trinajstić information content (AvgIpc) is 2.30. The van der Waals surface area contributed by atoms with Gasteiger partial charge in [0.25, 0.3) is 0 Å². The van der Waals surface area contributed by atoms with Crippen LogP contribution in [-0.2, 0) is 0 Å². The van der Waals surface area contributed by atoms with Crippen LogP contribution in [0.5, 0.6) is 0 Å². The topological polar surface area (TPSA) is 39.9 Å².